The van der Waals surface area contributed by atoms with E-state index in [1.165, 1.54) is 0 Å². The molecule has 24 heavy (non-hydrogen) atoms. The van der Waals surface area contributed by atoms with Gasteiger partial charge in [0, 0.05) is 30.3 Å². The van der Waals surface area contributed by atoms with Gasteiger partial charge < -0.3 is 14.4 Å². The number of aliphatic hydroxyl groups is 1. The van der Waals surface area contributed by atoms with Crippen LogP contribution >= 0.6 is 0 Å². The molecule has 1 amide bonds. The van der Waals surface area contributed by atoms with Crippen LogP contribution in [-0.4, -0.2) is 35.1 Å². The van der Waals surface area contributed by atoms with Crippen molar-refractivity contribution in [3.05, 3.63) is 45.8 Å². The first-order chi connectivity index (χ1) is 11.6. The quantitative estimate of drug-likeness (QED) is 0.816. The lowest BCUT2D eigenvalue weighted by Crippen LogP contribution is -2.53. The molecule has 5 heteroatoms. The van der Waals surface area contributed by atoms with Crippen LogP contribution in [0.3, 0.4) is 0 Å². The van der Waals surface area contributed by atoms with Crippen molar-refractivity contribution in [2.45, 2.75) is 32.3 Å². The first kappa shape index (κ1) is 15.4. The summed E-state index contributed by atoms with van der Waals surface area (Å²) >= 11 is 0. The summed E-state index contributed by atoms with van der Waals surface area (Å²) in [4.78, 5) is 27.1. The fourth-order valence-electron chi connectivity index (χ4n) is 4.28. The second-order valence-electron chi connectivity index (χ2n) is 7.04. The summed E-state index contributed by atoms with van der Waals surface area (Å²) < 4.78 is 5.35. The summed E-state index contributed by atoms with van der Waals surface area (Å²) in [5.74, 6) is -0.0284. The normalized spacial score (nSPS) is 26.6. The number of nitrogens with zero attached hydrogens (tertiary/aromatic N) is 1. The highest BCUT2D eigenvalue weighted by Crippen LogP contribution is 2.35. The van der Waals surface area contributed by atoms with Gasteiger partial charge in [-0.05, 0) is 31.4 Å². The Labute approximate surface area is 139 Å². The molecule has 1 aromatic heterocycles. The van der Waals surface area contributed by atoms with Gasteiger partial charge in [0.2, 0.25) is 0 Å². The second-order valence-corrected chi connectivity index (χ2v) is 7.04. The van der Waals surface area contributed by atoms with Crippen molar-refractivity contribution in [1.29, 1.82) is 0 Å². The van der Waals surface area contributed by atoms with Gasteiger partial charge in [-0.3, -0.25) is 4.79 Å². The molecule has 126 valence electrons. The average molecular weight is 327 g/mol. The van der Waals surface area contributed by atoms with E-state index in [0.717, 1.165) is 24.6 Å². The van der Waals surface area contributed by atoms with E-state index in [-0.39, 0.29) is 29.4 Å². The molecular weight excluding hydrogens is 306 g/mol. The molecule has 1 saturated heterocycles. The molecule has 2 bridgehead atoms. The van der Waals surface area contributed by atoms with Gasteiger partial charge >= 0.3 is 5.63 Å². The van der Waals surface area contributed by atoms with E-state index in [0.29, 0.717) is 24.2 Å². The molecule has 0 spiro atoms. The van der Waals surface area contributed by atoms with E-state index < -0.39 is 5.63 Å². The van der Waals surface area contributed by atoms with Crippen LogP contribution in [0.15, 0.2) is 33.5 Å². The number of para-hydroxylation sites is 1. The van der Waals surface area contributed by atoms with Crippen molar-refractivity contribution in [2.24, 2.45) is 11.8 Å². The molecule has 1 aromatic carbocycles. The maximum absolute atomic E-state index is 13.0. The van der Waals surface area contributed by atoms with Gasteiger partial charge in [-0.15, -0.1) is 0 Å². The van der Waals surface area contributed by atoms with E-state index >= 15 is 0 Å². The van der Waals surface area contributed by atoms with Crippen molar-refractivity contribution in [1.82, 2.24) is 4.90 Å². The van der Waals surface area contributed by atoms with Gasteiger partial charge in [-0.2, -0.15) is 0 Å². The van der Waals surface area contributed by atoms with Crippen LogP contribution in [0.2, 0.25) is 0 Å². The predicted molar refractivity (Wildman–Crippen MR) is 90.0 cm³/mol. The molecular formula is C19H21NO4. The summed E-state index contributed by atoms with van der Waals surface area (Å²) in [7, 11) is 0. The number of aliphatic hydroxyl groups excluding tert-OH is 1. The van der Waals surface area contributed by atoms with Crippen molar-refractivity contribution in [2.75, 3.05) is 13.1 Å². The fraction of sp³-hybridized carbons (Fsp3) is 0.474. The third-order valence-corrected chi connectivity index (χ3v) is 5.60. The summed E-state index contributed by atoms with van der Waals surface area (Å²) in [6, 6.07) is 7.27. The van der Waals surface area contributed by atoms with Crippen LogP contribution < -0.4 is 5.63 Å². The Morgan fingerprint density at radius 3 is 2.58 bits per heavy atom. The number of hydrogen-bond donors (Lipinski definition) is 1. The molecule has 2 aliphatic rings. The van der Waals surface area contributed by atoms with Crippen LogP contribution in [0.1, 0.15) is 35.2 Å². The Balaban J connectivity index is 1.73. The lowest BCUT2D eigenvalue weighted by atomic mass is 9.75. The van der Waals surface area contributed by atoms with Crippen molar-refractivity contribution < 1.29 is 14.3 Å². The second kappa shape index (κ2) is 5.74. The smallest absolute Gasteiger partial charge is 0.349 e. The molecule has 1 unspecified atom stereocenters. The number of likely N-dealkylation sites (tertiary alicyclic amines) is 1. The van der Waals surface area contributed by atoms with Gasteiger partial charge in [0.25, 0.3) is 5.91 Å². The number of aryl methyl sites for hydroxylation is 1. The van der Waals surface area contributed by atoms with E-state index in [1.54, 1.807) is 24.0 Å². The maximum atomic E-state index is 13.0. The highest BCUT2D eigenvalue weighted by atomic mass is 16.4. The van der Waals surface area contributed by atoms with Crippen molar-refractivity contribution in [3.8, 4) is 0 Å². The minimum Gasteiger partial charge on any atom is -0.422 e. The van der Waals surface area contributed by atoms with Gasteiger partial charge in [0.1, 0.15) is 11.1 Å². The third-order valence-electron chi connectivity index (χ3n) is 5.60. The molecule has 1 N–H and O–H groups in total. The van der Waals surface area contributed by atoms with Gasteiger partial charge in [0.15, 0.2) is 0 Å². The van der Waals surface area contributed by atoms with Crippen LogP contribution in [0.25, 0.3) is 11.0 Å². The van der Waals surface area contributed by atoms with Gasteiger partial charge in [-0.25, -0.2) is 4.79 Å². The zero-order valence-electron chi connectivity index (χ0n) is 13.7. The molecule has 1 aliphatic heterocycles. The molecule has 1 saturated carbocycles. The van der Waals surface area contributed by atoms with Gasteiger partial charge in [0.05, 0.1) is 6.10 Å². The molecule has 2 heterocycles. The number of rotatable bonds is 1. The Morgan fingerprint density at radius 1 is 1.21 bits per heavy atom. The number of benzene rings is 1. The maximum Gasteiger partial charge on any atom is 0.349 e. The SMILES string of the molecule is Cc1c(C(=O)N2C[C@H]3CCC[C@@H](C2)C3O)c(=O)oc2ccccc12. The van der Waals surface area contributed by atoms with Gasteiger partial charge in [-0.1, -0.05) is 24.6 Å². The topological polar surface area (TPSA) is 70.8 Å². The van der Waals surface area contributed by atoms with E-state index in [2.05, 4.69) is 0 Å². The van der Waals surface area contributed by atoms with Crippen LogP contribution in [-0.2, 0) is 0 Å². The number of carbonyl (C=O) groups is 1. The number of piperidine rings is 1. The number of fused-ring (bicyclic) bond motifs is 3. The lowest BCUT2D eigenvalue weighted by Gasteiger charge is -2.45. The molecule has 2 fully saturated rings. The first-order valence-electron chi connectivity index (χ1n) is 8.56. The minimum absolute atomic E-state index is 0.120. The summed E-state index contributed by atoms with van der Waals surface area (Å²) in [6.45, 7) is 2.83. The van der Waals surface area contributed by atoms with Crippen molar-refractivity contribution in [3.63, 3.8) is 0 Å². The highest BCUT2D eigenvalue weighted by Gasteiger charge is 2.40. The largest absolute Gasteiger partial charge is 0.422 e. The van der Waals surface area contributed by atoms with E-state index in [9.17, 15) is 14.7 Å². The molecule has 4 rings (SSSR count). The molecule has 5 nitrogen and oxygen atoms in total. The monoisotopic (exact) mass is 327 g/mol. The Hall–Kier alpha value is -2.14. The summed E-state index contributed by atoms with van der Waals surface area (Å²) in [6.07, 6.45) is 2.65. The lowest BCUT2D eigenvalue weighted by molar-refractivity contribution is -0.0413. The number of hydrogen-bond acceptors (Lipinski definition) is 4. The highest BCUT2D eigenvalue weighted by molar-refractivity contribution is 5.99. The Morgan fingerprint density at radius 2 is 1.88 bits per heavy atom. The predicted octanol–water partition coefficient (Wildman–Crippen LogP) is 2.33. The molecule has 3 atom stereocenters. The van der Waals surface area contributed by atoms with Crippen LogP contribution in [0.5, 0.6) is 0 Å². The zero-order valence-corrected chi connectivity index (χ0v) is 13.7. The first-order valence-corrected chi connectivity index (χ1v) is 8.56. The van der Waals surface area contributed by atoms with E-state index in [4.69, 9.17) is 4.42 Å². The average Bonchev–Trinajstić information content (AvgIpc) is 2.54. The summed E-state index contributed by atoms with van der Waals surface area (Å²) in [5.41, 5.74) is 0.723. The molecule has 2 aromatic rings. The molecule has 0 radical (unpaired) electrons. The number of amides is 1. The Bertz CT molecular complexity index is 842. The fourth-order valence-corrected chi connectivity index (χ4v) is 4.28. The van der Waals surface area contributed by atoms with Crippen molar-refractivity contribution >= 4 is 16.9 Å². The number of carbonyl (C=O) groups excluding carboxylic acids is 1. The minimum atomic E-state index is -0.576. The summed E-state index contributed by atoms with van der Waals surface area (Å²) in [5, 5.41) is 11.1. The zero-order chi connectivity index (χ0) is 16.8. The Kier molecular flexibility index (Phi) is 3.68. The standard InChI is InChI=1S/C19H21NO4/c1-11-14-7-2-3-8-15(14)24-19(23)16(11)18(22)20-9-12-5-4-6-13(10-20)17(12)21/h2-3,7-8,12-13,17,21H,4-6,9-10H2,1H3/t12-,13+,17?. The molecule has 1 aliphatic carbocycles. The van der Waals surface area contributed by atoms with Crippen LogP contribution in [0.4, 0.5) is 0 Å². The van der Waals surface area contributed by atoms with E-state index in [1.807, 2.05) is 12.1 Å². The van der Waals surface area contributed by atoms with Crippen LogP contribution in [0, 0.1) is 18.8 Å². The third kappa shape index (κ3) is 2.35.